The minimum Gasteiger partial charge on any atom is -0.354 e. The molecule has 9 nitrogen and oxygen atoms in total. The van der Waals surface area contributed by atoms with E-state index in [2.05, 4.69) is 10.4 Å². The number of hydrogen-bond acceptors (Lipinski definition) is 4. The maximum absolute atomic E-state index is 12.8. The molecule has 1 atom stereocenters. The van der Waals surface area contributed by atoms with E-state index in [9.17, 15) is 14.4 Å². The topological polar surface area (TPSA) is 94.2 Å². The van der Waals surface area contributed by atoms with Gasteiger partial charge < -0.3 is 10.2 Å². The molecule has 4 rings (SSSR count). The summed E-state index contributed by atoms with van der Waals surface area (Å²) in [5.74, 6) is -0.377. The molecule has 1 unspecified atom stereocenters. The summed E-state index contributed by atoms with van der Waals surface area (Å²) in [6.07, 6.45) is 0. The van der Waals surface area contributed by atoms with Crippen molar-refractivity contribution in [3.8, 4) is 0 Å². The minimum absolute atomic E-state index is 0.0432. The van der Waals surface area contributed by atoms with Crippen molar-refractivity contribution in [1.82, 2.24) is 29.1 Å². The van der Waals surface area contributed by atoms with Gasteiger partial charge in [0.2, 0.25) is 5.91 Å². The van der Waals surface area contributed by atoms with E-state index in [0.717, 1.165) is 16.9 Å². The van der Waals surface area contributed by atoms with Gasteiger partial charge in [-0.3, -0.25) is 23.4 Å². The van der Waals surface area contributed by atoms with Gasteiger partial charge in [-0.15, -0.1) is 0 Å². The summed E-state index contributed by atoms with van der Waals surface area (Å²) in [5, 5.41) is 7.44. The second kappa shape index (κ2) is 7.72. The zero-order valence-corrected chi connectivity index (χ0v) is 18.5. The van der Waals surface area contributed by atoms with Crippen LogP contribution in [0.15, 0.2) is 29.1 Å². The van der Waals surface area contributed by atoms with E-state index in [-0.39, 0.29) is 29.5 Å². The normalized spacial score (nSPS) is 15.2. The molecule has 1 aliphatic heterocycles. The molecule has 1 aromatic carbocycles. The first-order valence-electron chi connectivity index (χ1n) is 10.4. The zero-order chi connectivity index (χ0) is 22.4. The maximum atomic E-state index is 12.8. The van der Waals surface area contributed by atoms with E-state index in [1.807, 2.05) is 31.5 Å². The van der Waals surface area contributed by atoms with Gasteiger partial charge in [-0.25, -0.2) is 4.79 Å². The number of amides is 2. The van der Waals surface area contributed by atoms with E-state index in [4.69, 9.17) is 0 Å². The summed E-state index contributed by atoms with van der Waals surface area (Å²) >= 11 is 0. The fraction of sp³-hybridized carbons (Fsp3) is 0.455. The van der Waals surface area contributed by atoms with Gasteiger partial charge in [0.15, 0.2) is 0 Å². The molecule has 1 N–H and O–H groups in total. The Balaban J connectivity index is 1.34. The molecule has 9 heteroatoms. The number of benzene rings is 1. The molecule has 2 amide bonds. The van der Waals surface area contributed by atoms with Crippen molar-refractivity contribution in [2.45, 2.75) is 26.8 Å². The van der Waals surface area contributed by atoms with Gasteiger partial charge in [-0.1, -0.05) is 0 Å². The molecule has 1 aliphatic rings. The predicted molar refractivity (Wildman–Crippen MR) is 117 cm³/mol. The van der Waals surface area contributed by atoms with E-state index in [1.165, 1.54) is 4.57 Å². The Morgan fingerprint density at radius 2 is 1.81 bits per heavy atom. The van der Waals surface area contributed by atoms with Crippen LogP contribution in [0.4, 0.5) is 0 Å². The quantitative estimate of drug-likeness (QED) is 0.665. The van der Waals surface area contributed by atoms with Crippen molar-refractivity contribution < 1.29 is 9.59 Å². The van der Waals surface area contributed by atoms with Crippen molar-refractivity contribution in [1.29, 1.82) is 0 Å². The summed E-state index contributed by atoms with van der Waals surface area (Å²) in [5.41, 5.74) is 3.90. The summed E-state index contributed by atoms with van der Waals surface area (Å²) < 4.78 is 5.00. The lowest BCUT2D eigenvalue weighted by atomic mass is 9.97. The Bertz CT molecular complexity index is 1230. The Morgan fingerprint density at radius 3 is 2.45 bits per heavy atom. The van der Waals surface area contributed by atoms with Gasteiger partial charge in [0.05, 0.1) is 28.7 Å². The molecule has 0 saturated carbocycles. The standard InChI is InChI=1S/C22H28N6O3/c1-13-8-14(2)28(24-13)15(3)10-23-20(29)17-11-27(12-17)21(30)16-6-7-18-19(9-16)26(5)22(31)25(18)4/h6-9,15,17H,10-12H2,1-5H3,(H,23,29). The lowest BCUT2D eigenvalue weighted by molar-refractivity contribution is -0.129. The van der Waals surface area contributed by atoms with Crippen LogP contribution < -0.4 is 11.0 Å². The zero-order valence-electron chi connectivity index (χ0n) is 18.5. The van der Waals surface area contributed by atoms with Crippen LogP contribution in [0.25, 0.3) is 11.0 Å². The molecule has 3 aromatic rings. The highest BCUT2D eigenvalue weighted by atomic mass is 16.2. The molecule has 2 aromatic heterocycles. The fourth-order valence-electron chi connectivity index (χ4n) is 4.20. The van der Waals surface area contributed by atoms with Crippen molar-refractivity contribution in [3.63, 3.8) is 0 Å². The average molecular weight is 425 g/mol. The average Bonchev–Trinajstić information content (AvgIpc) is 3.16. The fourth-order valence-corrected chi connectivity index (χ4v) is 4.20. The molecule has 0 aliphatic carbocycles. The first-order valence-corrected chi connectivity index (χ1v) is 10.4. The number of aryl methyl sites for hydroxylation is 4. The van der Waals surface area contributed by atoms with Crippen LogP contribution in [-0.4, -0.2) is 55.3 Å². The number of likely N-dealkylation sites (tertiary alicyclic amines) is 1. The summed E-state index contributed by atoms with van der Waals surface area (Å²) in [6.45, 7) is 7.24. The molecule has 31 heavy (non-hydrogen) atoms. The van der Waals surface area contributed by atoms with Gasteiger partial charge in [-0.2, -0.15) is 5.10 Å². The van der Waals surface area contributed by atoms with E-state index >= 15 is 0 Å². The summed E-state index contributed by atoms with van der Waals surface area (Å²) in [6, 6.07) is 7.32. The second-order valence-electron chi connectivity index (χ2n) is 8.48. The highest BCUT2D eigenvalue weighted by molar-refractivity contribution is 5.98. The SMILES string of the molecule is Cc1cc(C)n(C(C)CNC(=O)C2CN(C(=O)c3ccc4c(c3)n(C)c(=O)n4C)C2)n1. The number of nitrogens with one attached hydrogen (secondary N) is 1. The van der Waals surface area contributed by atoms with Crippen LogP contribution in [-0.2, 0) is 18.9 Å². The largest absolute Gasteiger partial charge is 0.354 e. The van der Waals surface area contributed by atoms with Crippen LogP contribution in [0.2, 0.25) is 0 Å². The summed E-state index contributed by atoms with van der Waals surface area (Å²) in [7, 11) is 3.40. The molecule has 164 valence electrons. The lowest BCUT2D eigenvalue weighted by Crippen LogP contribution is -2.56. The van der Waals surface area contributed by atoms with Crippen LogP contribution in [0, 0.1) is 19.8 Å². The van der Waals surface area contributed by atoms with Crippen LogP contribution in [0.1, 0.15) is 34.7 Å². The van der Waals surface area contributed by atoms with Crippen molar-refractivity contribution >= 4 is 22.8 Å². The number of hydrogen-bond donors (Lipinski definition) is 1. The second-order valence-corrected chi connectivity index (χ2v) is 8.48. The van der Waals surface area contributed by atoms with Crippen molar-refractivity contribution in [2.75, 3.05) is 19.6 Å². The third-order valence-electron chi connectivity index (χ3n) is 6.09. The van der Waals surface area contributed by atoms with Crippen LogP contribution in [0.3, 0.4) is 0 Å². The first kappa shape index (κ1) is 20.9. The van der Waals surface area contributed by atoms with Crippen molar-refractivity contribution in [3.05, 3.63) is 51.7 Å². The predicted octanol–water partition coefficient (Wildman–Crippen LogP) is 1.14. The molecular formula is C22H28N6O3. The van der Waals surface area contributed by atoms with Crippen molar-refractivity contribution in [2.24, 2.45) is 20.0 Å². The van der Waals surface area contributed by atoms with Gasteiger partial charge in [0.25, 0.3) is 5.91 Å². The maximum Gasteiger partial charge on any atom is 0.328 e. The summed E-state index contributed by atoms with van der Waals surface area (Å²) in [4.78, 5) is 39.1. The van der Waals surface area contributed by atoms with Crippen LogP contribution >= 0.6 is 0 Å². The third-order valence-corrected chi connectivity index (χ3v) is 6.09. The molecule has 1 fully saturated rings. The Labute approximate surface area is 180 Å². The Kier molecular flexibility index (Phi) is 5.20. The first-order chi connectivity index (χ1) is 14.7. The number of fused-ring (bicyclic) bond motifs is 1. The van der Waals surface area contributed by atoms with Gasteiger partial charge >= 0.3 is 5.69 Å². The van der Waals surface area contributed by atoms with Gasteiger partial charge in [0.1, 0.15) is 0 Å². The highest BCUT2D eigenvalue weighted by Gasteiger charge is 2.36. The van der Waals surface area contributed by atoms with Gasteiger partial charge in [0, 0.05) is 45.0 Å². The molecule has 0 bridgehead atoms. The smallest absolute Gasteiger partial charge is 0.328 e. The number of nitrogens with zero attached hydrogens (tertiary/aromatic N) is 5. The molecule has 3 heterocycles. The minimum atomic E-state index is -0.207. The van der Waals surface area contributed by atoms with E-state index in [1.54, 1.807) is 41.8 Å². The molecular weight excluding hydrogens is 396 g/mol. The van der Waals surface area contributed by atoms with Gasteiger partial charge in [-0.05, 0) is 45.0 Å². The monoisotopic (exact) mass is 424 g/mol. The number of rotatable bonds is 5. The molecule has 1 saturated heterocycles. The van der Waals surface area contributed by atoms with Crippen LogP contribution in [0.5, 0.6) is 0 Å². The highest BCUT2D eigenvalue weighted by Crippen LogP contribution is 2.21. The Hall–Kier alpha value is -3.36. The number of imidazole rings is 1. The lowest BCUT2D eigenvalue weighted by Gasteiger charge is -2.38. The number of aromatic nitrogens is 4. The third kappa shape index (κ3) is 3.64. The molecule has 0 spiro atoms. The number of carbonyl (C=O) groups is 2. The Morgan fingerprint density at radius 1 is 1.13 bits per heavy atom. The van der Waals surface area contributed by atoms with E-state index < -0.39 is 0 Å². The number of carbonyl (C=O) groups excluding carboxylic acids is 2. The molecule has 0 radical (unpaired) electrons. The van der Waals surface area contributed by atoms with E-state index in [0.29, 0.717) is 30.7 Å².